The molecule has 2 N–H and O–H groups in total. The molecule has 1 rings (SSSR count). The van der Waals surface area contributed by atoms with Crippen molar-refractivity contribution in [3.63, 3.8) is 0 Å². The van der Waals surface area contributed by atoms with Gasteiger partial charge in [0.05, 0.1) is 6.61 Å². The molecule has 4 heteroatoms. The van der Waals surface area contributed by atoms with Gasteiger partial charge in [-0.05, 0) is 29.7 Å². The van der Waals surface area contributed by atoms with Crippen LogP contribution in [0.2, 0.25) is 10.0 Å². The lowest BCUT2D eigenvalue weighted by Crippen LogP contribution is -2.36. The van der Waals surface area contributed by atoms with Crippen molar-refractivity contribution in [3.8, 4) is 0 Å². The normalized spacial score (nSPS) is 13.1. The summed E-state index contributed by atoms with van der Waals surface area (Å²) < 4.78 is 0. The molecule has 0 spiro atoms. The van der Waals surface area contributed by atoms with Crippen LogP contribution in [0.1, 0.15) is 19.4 Å². The first-order valence-electron chi connectivity index (χ1n) is 5.32. The minimum absolute atomic E-state index is 0.0787. The van der Waals surface area contributed by atoms with Crippen molar-refractivity contribution in [3.05, 3.63) is 33.8 Å². The SMILES string of the molecule is CC(C)C(CO)NCc1cc(Cl)ccc1Cl. The van der Waals surface area contributed by atoms with Crippen molar-refractivity contribution in [2.45, 2.75) is 26.4 Å². The maximum atomic E-state index is 9.18. The van der Waals surface area contributed by atoms with E-state index in [1.165, 1.54) is 0 Å². The molecule has 0 radical (unpaired) electrons. The van der Waals surface area contributed by atoms with Gasteiger partial charge in [-0.25, -0.2) is 0 Å². The van der Waals surface area contributed by atoms with Crippen LogP contribution in [-0.2, 0) is 6.54 Å². The summed E-state index contributed by atoms with van der Waals surface area (Å²) in [6.45, 7) is 4.86. The third kappa shape index (κ3) is 3.95. The zero-order valence-corrected chi connectivity index (χ0v) is 11.0. The molecular weight excluding hydrogens is 245 g/mol. The van der Waals surface area contributed by atoms with Gasteiger partial charge in [-0.1, -0.05) is 37.0 Å². The maximum Gasteiger partial charge on any atom is 0.0587 e. The Hall–Kier alpha value is -0.280. The first kappa shape index (κ1) is 13.8. The van der Waals surface area contributed by atoms with Gasteiger partial charge < -0.3 is 10.4 Å². The smallest absolute Gasteiger partial charge is 0.0587 e. The number of halogens is 2. The standard InChI is InChI=1S/C12H17Cl2NO/c1-8(2)12(7-16)15-6-9-5-10(13)3-4-11(9)14/h3-5,8,12,15-16H,6-7H2,1-2H3. The van der Waals surface area contributed by atoms with Gasteiger partial charge in [0, 0.05) is 22.6 Å². The van der Waals surface area contributed by atoms with Gasteiger partial charge in [0.2, 0.25) is 0 Å². The quantitative estimate of drug-likeness (QED) is 0.854. The lowest BCUT2D eigenvalue weighted by atomic mass is 10.1. The average Bonchev–Trinajstić information content (AvgIpc) is 2.23. The van der Waals surface area contributed by atoms with E-state index in [1.54, 1.807) is 12.1 Å². The monoisotopic (exact) mass is 261 g/mol. The number of hydrogen-bond acceptors (Lipinski definition) is 2. The molecular formula is C12H17Cl2NO. The summed E-state index contributed by atoms with van der Waals surface area (Å²) in [6, 6.07) is 5.46. The predicted molar refractivity (Wildman–Crippen MR) is 69.0 cm³/mol. The van der Waals surface area contributed by atoms with Crippen molar-refractivity contribution in [1.82, 2.24) is 5.32 Å². The third-order valence-corrected chi connectivity index (χ3v) is 3.17. The highest BCUT2D eigenvalue weighted by Gasteiger charge is 2.11. The second-order valence-corrected chi connectivity index (χ2v) is 4.99. The fourth-order valence-corrected chi connectivity index (χ4v) is 1.81. The Morgan fingerprint density at radius 3 is 2.56 bits per heavy atom. The second-order valence-electron chi connectivity index (χ2n) is 4.15. The Bertz CT molecular complexity index is 342. The number of aliphatic hydroxyl groups is 1. The molecule has 0 saturated carbocycles. The van der Waals surface area contributed by atoms with Crippen molar-refractivity contribution in [2.24, 2.45) is 5.92 Å². The number of hydrogen-bond donors (Lipinski definition) is 2. The van der Waals surface area contributed by atoms with Crippen LogP contribution >= 0.6 is 23.2 Å². The van der Waals surface area contributed by atoms with E-state index >= 15 is 0 Å². The van der Waals surface area contributed by atoms with Gasteiger partial charge in [-0.2, -0.15) is 0 Å². The fourth-order valence-electron chi connectivity index (χ4n) is 1.43. The van der Waals surface area contributed by atoms with E-state index in [0.29, 0.717) is 22.5 Å². The van der Waals surface area contributed by atoms with Crippen LogP contribution in [0, 0.1) is 5.92 Å². The zero-order chi connectivity index (χ0) is 12.1. The molecule has 0 aliphatic carbocycles. The molecule has 90 valence electrons. The number of nitrogens with one attached hydrogen (secondary N) is 1. The van der Waals surface area contributed by atoms with E-state index in [9.17, 15) is 5.11 Å². The number of aliphatic hydroxyl groups excluding tert-OH is 1. The lowest BCUT2D eigenvalue weighted by molar-refractivity contribution is 0.210. The zero-order valence-electron chi connectivity index (χ0n) is 9.50. The summed E-state index contributed by atoms with van der Waals surface area (Å²) >= 11 is 11.9. The molecule has 1 atom stereocenters. The van der Waals surface area contributed by atoms with Gasteiger partial charge in [0.1, 0.15) is 0 Å². The predicted octanol–water partition coefficient (Wildman–Crippen LogP) is 3.10. The van der Waals surface area contributed by atoms with Crippen LogP contribution in [0.4, 0.5) is 0 Å². The van der Waals surface area contributed by atoms with Crippen LogP contribution in [-0.4, -0.2) is 17.8 Å². The minimum Gasteiger partial charge on any atom is -0.395 e. The molecule has 16 heavy (non-hydrogen) atoms. The summed E-state index contributed by atoms with van der Waals surface area (Å²) in [7, 11) is 0. The fraction of sp³-hybridized carbons (Fsp3) is 0.500. The Labute approximate surface area is 107 Å². The van der Waals surface area contributed by atoms with E-state index in [2.05, 4.69) is 19.2 Å². The largest absolute Gasteiger partial charge is 0.395 e. The first-order chi connectivity index (χ1) is 7.54. The molecule has 2 nitrogen and oxygen atoms in total. The Kier molecular flexibility index (Phi) is 5.56. The Morgan fingerprint density at radius 1 is 1.31 bits per heavy atom. The highest BCUT2D eigenvalue weighted by atomic mass is 35.5. The highest BCUT2D eigenvalue weighted by Crippen LogP contribution is 2.20. The van der Waals surface area contributed by atoms with Crippen LogP contribution in [0.15, 0.2) is 18.2 Å². The van der Waals surface area contributed by atoms with E-state index in [4.69, 9.17) is 23.2 Å². The molecule has 0 aromatic heterocycles. The van der Waals surface area contributed by atoms with Gasteiger partial charge in [-0.15, -0.1) is 0 Å². The first-order valence-corrected chi connectivity index (χ1v) is 6.08. The van der Waals surface area contributed by atoms with E-state index in [0.717, 1.165) is 5.56 Å². The molecule has 1 aromatic carbocycles. The molecule has 1 unspecified atom stereocenters. The summed E-state index contributed by atoms with van der Waals surface area (Å²) in [4.78, 5) is 0. The maximum absolute atomic E-state index is 9.18. The summed E-state index contributed by atoms with van der Waals surface area (Å²) in [5.41, 5.74) is 0.952. The molecule has 0 amide bonds. The summed E-state index contributed by atoms with van der Waals surface area (Å²) in [6.07, 6.45) is 0. The van der Waals surface area contributed by atoms with E-state index in [1.807, 2.05) is 6.07 Å². The van der Waals surface area contributed by atoms with Crippen molar-refractivity contribution >= 4 is 23.2 Å². The van der Waals surface area contributed by atoms with Gasteiger partial charge in [-0.3, -0.25) is 0 Å². The van der Waals surface area contributed by atoms with Gasteiger partial charge >= 0.3 is 0 Å². The minimum atomic E-state index is 0.0787. The van der Waals surface area contributed by atoms with Crippen LogP contribution in [0.3, 0.4) is 0 Å². The van der Waals surface area contributed by atoms with Crippen molar-refractivity contribution in [1.29, 1.82) is 0 Å². The summed E-state index contributed by atoms with van der Waals surface area (Å²) in [5.74, 6) is 0.378. The molecule has 0 bridgehead atoms. The molecule has 1 aromatic rings. The van der Waals surface area contributed by atoms with Crippen LogP contribution in [0.25, 0.3) is 0 Å². The summed E-state index contributed by atoms with van der Waals surface area (Å²) in [5, 5.41) is 13.8. The average molecular weight is 262 g/mol. The van der Waals surface area contributed by atoms with E-state index < -0.39 is 0 Å². The Balaban J connectivity index is 2.63. The highest BCUT2D eigenvalue weighted by molar-refractivity contribution is 6.33. The molecule has 0 heterocycles. The van der Waals surface area contributed by atoms with Gasteiger partial charge in [0.25, 0.3) is 0 Å². The molecule has 0 saturated heterocycles. The number of rotatable bonds is 5. The number of benzene rings is 1. The second kappa shape index (κ2) is 6.45. The van der Waals surface area contributed by atoms with Crippen molar-refractivity contribution in [2.75, 3.05) is 6.61 Å². The topological polar surface area (TPSA) is 32.3 Å². The third-order valence-electron chi connectivity index (χ3n) is 2.56. The van der Waals surface area contributed by atoms with Crippen LogP contribution in [0.5, 0.6) is 0 Å². The molecule has 0 aliphatic heterocycles. The van der Waals surface area contributed by atoms with Gasteiger partial charge in [0.15, 0.2) is 0 Å². The van der Waals surface area contributed by atoms with Crippen molar-refractivity contribution < 1.29 is 5.11 Å². The molecule has 0 fully saturated rings. The van der Waals surface area contributed by atoms with E-state index in [-0.39, 0.29) is 12.6 Å². The molecule has 0 aliphatic rings. The van der Waals surface area contributed by atoms with Crippen LogP contribution < -0.4 is 5.32 Å². The Morgan fingerprint density at radius 2 is 2.00 bits per heavy atom. The lowest BCUT2D eigenvalue weighted by Gasteiger charge is -2.20.